The molecule has 3 aromatic rings. The Balaban J connectivity index is 1.24. The lowest BCUT2D eigenvalue weighted by atomic mass is 10.1. The first kappa shape index (κ1) is 21.9. The predicted molar refractivity (Wildman–Crippen MR) is 129 cm³/mol. The number of piperazine rings is 1. The van der Waals surface area contributed by atoms with Crippen LogP contribution in [0.5, 0.6) is 23.0 Å². The van der Waals surface area contributed by atoms with E-state index in [2.05, 4.69) is 37.2 Å². The average Bonchev–Trinajstić information content (AvgIpc) is 3.34. The van der Waals surface area contributed by atoms with Crippen LogP contribution in [0, 0.1) is 0 Å². The van der Waals surface area contributed by atoms with Crippen LogP contribution in [-0.2, 0) is 6.54 Å². The summed E-state index contributed by atoms with van der Waals surface area (Å²) in [6.07, 6.45) is 1.53. The molecule has 10 heteroatoms. The fourth-order valence-corrected chi connectivity index (χ4v) is 4.18. The van der Waals surface area contributed by atoms with Crippen LogP contribution >= 0.6 is 0 Å². The zero-order valence-corrected chi connectivity index (χ0v) is 19.3. The largest absolute Gasteiger partial charge is 0.497 e. The van der Waals surface area contributed by atoms with E-state index in [9.17, 15) is 0 Å². The lowest BCUT2D eigenvalue weighted by Crippen LogP contribution is -2.46. The molecule has 3 heterocycles. The molecule has 0 saturated carbocycles. The standard InChI is InChI=1S/C24H28N6O4/c1-31-17-4-5-18(20(12-17)32-2)28-23-22(25)24(27-14-26-23)30-9-7-29(8-10-30)13-16-3-6-19-21(11-16)34-15-33-19/h3-6,11-12,14H,7-10,13,15,25H2,1-2H3,(H,26,27,28). The molecule has 178 valence electrons. The fourth-order valence-electron chi connectivity index (χ4n) is 4.18. The Kier molecular flexibility index (Phi) is 6.13. The van der Waals surface area contributed by atoms with Gasteiger partial charge in [0.1, 0.15) is 23.5 Å². The Bertz CT molecular complexity index is 1170. The van der Waals surface area contributed by atoms with Crippen molar-refractivity contribution < 1.29 is 18.9 Å². The lowest BCUT2D eigenvalue weighted by molar-refractivity contribution is 0.174. The molecule has 1 fully saturated rings. The van der Waals surface area contributed by atoms with Crippen molar-refractivity contribution in [3.05, 3.63) is 48.3 Å². The summed E-state index contributed by atoms with van der Waals surface area (Å²) in [5.41, 5.74) is 8.94. The van der Waals surface area contributed by atoms with Crippen molar-refractivity contribution in [2.75, 3.05) is 63.1 Å². The van der Waals surface area contributed by atoms with E-state index in [0.717, 1.165) is 55.7 Å². The summed E-state index contributed by atoms with van der Waals surface area (Å²) in [6, 6.07) is 11.6. The highest BCUT2D eigenvalue weighted by atomic mass is 16.7. The van der Waals surface area contributed by atoms with Crippen LogP contribution in [0.15, 0.2) is 42.7 Å². The number of nitrogen functional groups attached to an aromatic ring is 1. The monoisotopic (exact) mass is 464 g/mol. The second-order valence-electron chi connectivity index (χ2n) is 8.10. The highest BCUT2D eigenvalue weighted by Gasteiger charge is 2.22. The summed E-state index contributed by atoms with van der Waals surface area (Å²) in [4.78, 5) is 13.4. The average molecular weight is 465 g/mol. The van der Waals surface area contributed by atoms with E-state index >= 15 is 0 Å². The third-order valence-corrected chi connectivity index (χ3v) is 6.04. The van der Waals surface area contributed by atoms with Gasteiger partial charge in [0.15, 0.2) is 23.1 Å². The van der Waals surface area contributed by atoms with Crippen LogP contribution in [0.1, 0.15) is 5.56 Å². The van der Waals surface area contributed by atoms with Crippen molar-refractivity contribution in [2.24, 2.45) is 0 Å². The number of fused-ring (bicyclic) bond motifs is 1. The summed E-state index contributed by atoms with van der Waals surface area (Å²) in [6.45, 7) is 4.57. The molecule has 3 N–H and O–H groups in total. The number of anilines is 4. The van der Waals surface area contributed by atoms with Gasteiger partial charge in [-0.3, -0.25) is 4.90 Å². The van der Waals surface area contributed by atoms with Gasteiger partial charge in [-0.15, -0.1) is 0 Å². The van der Waals surface area contributed by atoms with Crippen LogP contribution in [0.4, 0.5) is 23.0 Å². The first-order valence-electron chi connectivity index (χ1n) is 11.1. The van der Waals surface area contributed by atoms with Gasteiger partial charge in [0, 0.05) is 38.8 Å². The van der Waals surface area contributed by atoms with E-state index in [-0.39, 0.29) is 0 Å². The van der Waals surface area contributed by atoms with E-state index < -0.39 is 0 Å². The molecular formula is C24H28N6O4. The first-order chi connectivity index (χ1) is 16.6. The topological polar surface area (TPSA) is 107 Å². The Morgan fingerprint density at radius 2 is 1.79 bits per heavy atom. The van der Waals surface area contributed by atoms with E-state index in [4.69, 9.17) is 24.7 Å². The number of aromatic nitrogens is 2. The molecule has 1 saturated heterocycles. The minimum absolute atomic E-state index is 0.292. The number of hydrogen-bond acceptors (Lipinski definition) is 10. The van der Waals surface area contributed by atoms with E-state index in [1.807, 2.05) is 18.2 Å². The van der Waals surface area contributed by atoms with Gasteiger partial charge >= 0.3 is 0 Å². The highest BCUT2D eigenvalue weighted by molar-refractivity contribution is 5.80. The Morgan fingerprint density at radius 3 is 2.59 bits per heavy atom. The van der Waals surface area contributed by atoms with E-state index in [1.165, 1.54) is 11.9 Å². The maximum absolute atomic E-state index is 6.49. The summed E-state index contributed by atoms with van der Waals surface area (Å²) in [7, 11) is 3.23. The molecule has 0 bridgehead atoms. The predicted octanol–water partition coefficient (Wildman–Crippen LogP) is 2.87. The molecule has 0 aliphatic carbocycles. The van der Waals surface area contributed by atoms with Gasteiger partial charge < -0.3 is 34.9 Å². The zero-order chi connectivity index (χ0) is 23.5. The van der Waals surface area contributed by atoms with Crippen molar-refractivity contribution in [3.8, 4) is 23.0 Å². The minimum atomic E-state index is 0.292. The van der Waals surface area contributed by atoms with Gasteiger partial charge in [0.25, 0.3) is 0 Å². The third kappa shape index (κ3) is 4.44. The molecule has 5 rings (SSSR count). The smallest absolute Gasteiger partial charge is 0.231 e. The highest BCUT2D eigenvalue weighted by Crippen LogP contribution is 2.35. The fraction of sp³-hybridized carbons (Fsp3) is 0.333. The molecule has 2 aromatic carbocycles. The van der Waals surface area contributed by atoms with Crippen molar-refractivity contribution in [1.82, 2.24) is 14.9 Å². The number of nitrogens with one attached hydrogen (secondary N) is 1. The second kappa shape index (κ2) is 9.52. The lowest BCUT2D eigenvalue weighted by Gasteiger charge is -2.36. The number of benzene rings is 2. The van der Waals surface area contributed by atoms with Crippen LogP contribution < -0.4 is 34.9 Å². The quantitative estimate of drug-likeness (QED) is 0.542. The van der Waals surface area contributed by atoms with E-state index in [0.29, 0.717) is 29.8 Å². The molecule has 1 aromatic heterocycles. The maximum Gasteiger partial charge on any atom is 0.231 e. The number of hydrogen-bond donors (Lipinski definition) is 2. The van der Waals surface area contributed by atoms with Crippen LogP contribution in [0.25, 0.3) is 0 Å². The Morgan fingerprint density at radius 1 is 0.971 bits per heavy atom. The molecule has 0 amide bonds. The van der Waals surface area contributed by atoms with Gasteiger partial charge in [0.05, 0.1) is 19.9 Å². The van der Waals surface area contributed by atoms with Crippen molar-refractivity contribution in [3.63, 3.8) is 0 Å². The minimum Gasteiger partial charge on any atom is -0.497 e. The number of rotatable bonds is 7. The molecule has 10 nitrogen and oxygen atoms in total. The normalized spacial score (nSPS) is 15.3. The van der Waals surface area contributed by atoms with E-state index in [1.54, 1.807) is 20.3 Å². The third-order valence-electron chi connectivity index (χ3n) is 6.04. The molecule has 0 atom stereocenters. The summed E-state index contributed by atoms with van der Waals surface area (Å²) in [5.74, 6) is 4.24. The zero-order valence-electron chi connectivity index (χ0n) is 19.3. The van der Waals surface area contributed by atoms with Crippen molar-refractivity contribution in [1.29, 1.82) is 0 Å². The number of nitrogens with zero attached hydrogens (tertiary/aromatic N) is 4. The SMILES string of the molecule is COc1ccc(Nc2ncnc(N3CCN(Cc4ccc5c(c4)OCO5)CC3)c2N)c(OC)c1. The second-order valence-corrected chi connectivity index (χ2v) is 8.10. The van der Waals surface area contributed by atoms with Gasteiger partial charge in [-0.1, -0.05) is 6.07 Å². The van der Waals surface area contributed by atoms with Crippen molar-refractivity contribution >= 4 is 23.0 Å². The Labute approximate surface area is 198 Å². The van der Waals surface area contributed by atoms with Gasteiger partial charge in [-0.25, -0.2) is 9.97 Å². The van der Waals surface area contributed by atoms with Crippen LogP contribution in [0.2, 0.25) is 0 Å². The molecule has 0 radical (unpaired) electrons. The molecule has 0 spiro atoms. The van der Waals surface area contributed by atoms with Crippen LogP contribution in [-0.4, -0.2) is 62.1 Å². The number of ether oxygens (including phenoxy) is 4. The number of nitrogens with two attached hydrogens (primary N) is 1. The van der Waals surface area contributed by atoms with Gasteiger partial charge in [-0.2, -0.15) is 0 Å². The summed E-state index contributed by atoms with van der Waals surface area (Å²) >= 11 is 0. The Hall–Kier alpha value is -3.92. The van der Waals surface area contributed by atoms with Crippen LogP contribution in [0.3, 0.4) is 0 Å². The molecule has 34 heavy (non-hydrogen) atoms. The van der Waals surface area contributed by atoms with Gasteiger partial charge in [0.2, 0.25) is 6.79 Å². The maximum atomic E-state index is 6.49. The molecule has 0 unspecified atom stereocenters. The molecule has 2 aliphatic heterocycles. The molecule has 2 aliphatic rings. The summed E-state index contributed by atoms with van der Waals surface area (Å²) in [5, 5.41) is 3.27. The first-order valence-corrected chi connectivity index (χ1v) is 11.1. The van der Waals surface area contributed by atoms with Crippen molar-refractivity contribution in [2.45, 2.75) is 6.54 Å². The summed E-state index contributed by atoms with van der Waals surface area (Å²) < 4.78 is 21.6. The molecular weight excluding hydrogens is 436 g/mol. The van der Waals surface area contributed by atoms with Gasteiger partial charge in [-0.05, 0) is 29.8 Å². The number of methoxy groups -OCH3 is 2.